The molecule has 0 fully saturated rings. The van der Waals surface area contributed by atoms with Gasteiger partial charge in [0.15, 0.2) is 0 Å². The number of anilines is 1. The van der Waals surface area contributed by atoms with E-state index in [4.69, 9.17) is 4.74 Å². The van der Waals surface area contributed by atoms with E-state index in [1.54, 1.807) is 0 Å². The molecule has 10 nitrogen and oxygen atoms in total. The smallest absolute Gasteiger partial charge is 0.338 e. The van der Waals surface area contributed by atoms with E-state index in [-0.39, 0.29) is 23.7 Å². The molecular formula is C19H19N3O7. The molecule has 0 spiro atoms. The summed E-state index contributed by atoms with van der Waals surface area (Å²) in [6.07, 6.45) is 0. The molecular weight excluding hydrogens is 382 g/mol. The first-order valence-electron chi connectivity index (χ1n) is 8.62. The zero-order valence-electron chi connectivity index (χ0n) is 16.0. The number of ether oxygens (including phenoxy) is 1. The maximum absolute atomic E-state index is 12.4. The van der Waals surface area contributed by atoms with Crippen LogP contribution in [0.1, 0.15) is 40.1 Å². The van der Waals surface area contributed by atoms with Crippen molar-refractivity contribution >= 4 is 28.9 Å². The van der Waals surface area contributed by atoms with E-state index in [0.29, 0.717) is 11.3 Å². The second-order valence-electron chi connectivity index (χ2n) is 6.68. The van der Waals surface area contributed by atoms with Crippen molar-refractivity contribution in [1.29, 1.82) is 0 Å². The van der Waals surface area contributed by atoms with Gasteiger partial charge >= 0.3 is 5.97 Å². The van der Waals surface area contributed by atoms with Crippen molar-refractivity contribution in [2.75, 3.05) is 11.9 Å². The fourth-order valence-electron chi connectivity index (χ4n) is 2.41. The molecule has 1 N–H and O–H groups in total. The van der Waals surface area contributed by atoms with Crippen LogP contribution >= 0.6 is 0 Å². The number of nitrogens with one attached hydrogen (secondary N) is 1. The third-order valence-electron chi connectivity index (χ3n) is 3.93. The van der Waals surface area contributed by atoms with Crippen molar-refractivity contribution in [2.24, 2.45) is 5.92 Å². The van der Waals surface area contributed by atoms with Gasteiger partial charge in [0.25, 0.3) is 17.3 Å². The van der Waals surface area contributed by atoms with E-state index in [1.807, 2.05) is 13.8 Å². The highest BCUT2D eigenvalue weighted by Crippen LogP contribution is 2.29. The largest absolute Gasteiger partial charge is 0.462 e. The number of nitro groups is 2. The van der Waals surface area contributed by atoms with Crippen molar-refractivity contribution in [2.45, 2.75) is 20.8 Å². The van der Waals surface area contributed by atoms with Crippen LogP contribution in [0.4, 0.5) is 17.1 Å². The number of hydrogen-bond acceptors (Lipinski definition) is 7. The number of esters is 1. The Morgan fingerprint density at radius 1 is 1.00 bits per heavy atom. The standard InChI is InChI=1S/C19H19N3O7/c1-11(2)10-29-19(24)13-4-6-15(7-5-13)20-18(23)14-8-16(21(25)26)12(3)17(9-14)22(27)28/h4-9,11H,10H2,1-3H3,(H,20,23). The molecule has 2 aromatic carbocycles. The van der Waals surface area contributed by atoms with E-state index >= 15 is 0 Å². The van der Waals surface area contributed by atoms with Crippen LogP contribution in [0.5, 0.6) is 0 Å². The Balaban J connectivity index is 2.21. The minimum absolute atomic E-state index is 0.138. The van der Waals surface area contributed by atoms with Gasteiger partial charge in [-0.05, 0) is 37.1 Å². The highest BCUT2D eigenvalue weighted by atomic mass is 16.6. The normalized spacial score (nSPS) is 10.5. The summed E-state index contributed by atoms with van der Waals surface area (Å²) in [6.45, 7) is 5.34. The second kappa shape index (κ2) is 8.91. The number of carbonyl (C=O) groups is 2. The second-order valence-corrected chi connectivity index (χ2v) is 6.68. The number of amides is 1. The summed E-state index contributed by atoms with van der Waals surface area (Å²) in [5.74, 6) is -1.06. The average Bonchev–Trinajstić information content (AvgIpc) is 2.66. The molecule has 0 aliphatic rings. The molecule has 2 rings (SSSR count). The summed E-state index contributed by atoms with van der Waals surface area (Å²) >= 11 is 0. The Morgan fingerprint density at radius 2 is 1.52 bits per heavy atom. The zero-order chi connectivity index (χ0) is 21.7. The SMILES string of the molecule is Cc1c([N+](=O)[O-])cc(C(=O)Nc2ccc(C(=O)OCC(C)C)cc2)cc1[N+](=O)[O-]. The Labute approximate surface area is 165 Å². The molecule has 29 heavy (non-hydrogen) atoms. The molecule has 0 aliphatic heterocycles. The lowest BCUT2D eigenvalue weighted by Crippen LogP contribution is -2.14. The van der Waals surface area contributed by atoms with Gasteiger partial charge in [0.2, 0.25) is 0 Å². The molecule has 2 aromatic rings. The monoisotopic (exact) mass is 401 g/mol. The number of carbonyl (C=O) groups excluding carboxylic acids is 2. The van der Waals surface area contributed by atoms with E-state index in [2.05, 4.69) is 5.32 Å². The lowest BCUT2D eigenvalue weighted by molar-refractivity contribution is -0.395. The first kappa shape index (κ1) is 21.5. The summed E-state index contributed by atoms with van der Waals surface area (Å²) in [5, 5.41) is 24.8. The van der Waals surface area contributed by atoms with Crippen molar-refractivity contribution in [3.63, 3.8) is 0 Å². The molecule has 0 unspecified atom stereocenters. The summed E-state index contributed by atoms with van der Waals surface area (Å²) in [4.78, 5) is 45.0. The van der Waals surface area contributed by atoms with Gasteiger partial charge < -0.3 is 10.1 Å². The van der Waals surface area contributed by atoms with Crippen molar-refractivity contribution in [1.82, 2.24) is 0 Å². The maximum Gasteiger partial charge on any atom is 0.338 e. The van der Waals surface area contributed by atoms with Gasteiger partial charge in [0, 0.05) is 17.8 Å². The molecule has 10 heteroatoms. The van der Waals surface area contributed by atoms with Crippen LogP contribution in [-0.4, -0.2) is 28.3 Å². The summed E-state index contributed by atoms with van der Waals surface area (Å²) < 4.78 is 5.11. The third kappa shape index (κ3) is 5.34. The third-order valence-corrected chi connectivity index (χ3v) is 3.93. The summed E-state index contributed by atoms with van der Waals surface area (Å²) in [6, 6.07) is 7.79. The fraction of sp³-hybridized carbons (Fsp3) is 0.263. The van der Waals surface area contributed by atoms with Crippen LogP contribution in [0.2, 0.25) is 0 Å². The van der Waals surface area contributed by atoms with Crippen LogP contribution in [0.15, 0.2) is 36.4 Å². The number of rotatable bonds is 7. The molecule has 0 heterocycles. The molecule has 0 saturated heterocycles. The predicted octanol–water partition coefficient (Wildman–Crippen LogP) is 3.88. The van der Waals surface area contributed by atoms with Crippen LogP contribution in [0.25, 0.3) is 0 Å². The molecule has 0 aromatic heterocycles. The van der Waals surface area contributed by atoms with E-state index in [0.717, 1.165) is 12.1 Å². The van der Waals surface area contributed by atoms with Gasteiger partial charge in [-0.15, -0.1) is 0 Å². The van der Waals surface area contributed by atoms with E-state index in [9.17, 15) is 29.8 Å². The van der Waals surface area contributed by atoms with Gasteiger partial charge in [-0.3, -0.25) is 25.0 Å². The topological polar surface area (TPSA) is 142 Å². The Kier molecular flexibility index (Phi) is 6.60. The van der Waals surface area contributed by atoms with Gasteiger partial charge in [-0.1, -0.05) is 13.8 Å². The number of hydrogen-bond donors (Lipinski definition) is 1. The van der Waals surface area contributed by atoms with Crippen molar-refractivity contribution in [3.8, 4) is 0 Å². The average molecular weight is 401 g/mol. The van der Waals surface area contributed by atoms with Crippen LogP contribution in [0.3, 0.4) is 0 Å². The lowest BCUT2D eigenvalue weighted by atomic mass is 10.1. The molecule has 152 valence electrons. The van der Waals surface area contributed by atoms with E-state index < -0.39 is 33.1 Å². The lowest BCUT2D eigenvalue weighted by Gasteiger charge is -2.09. The minimum Gasteiger partial charge on any atom is -0.462 e. The van der Waals surface area contributed by atoms with Crippen molar-refractivity contribution in [3.05, 3.63) is 73.3 Å². The quantitative estimate of drug-likeness (QED) is 0.421. The molecule has 0 atom stereocenters. The van der Waals surface area contributed by atoms with Crippen LogP contribution in [-0.2, 0) is 4.74 Å². The number of nitrogens with zero attached hydrogens (tertiary/aromatic N) is 2. The maximum atomic E-state index is 12.4. The number of nitro benzene ring substituents is 2. The number of benzene rings is 2. The molecule has 1 amide bonds. The van der Waals surface area contributed by atoms with Gasteiger partial charge in [-0.2, -0.15) is 0 Å². The molecule has 0 aliphatic carbocycles. The van der Waals surface area contributed by atoms with Gasteiger partial charge in [-0.25, -0.2) is 4.79 Å². The van der Waals surface area contributed by atoms with Gasteiger partial charge in [0.1, 0.15) is 5.56 Å². The molecule has 0 saturated carbocycles. The van der Waals surface area contributed by atoms with Crippen LogP contribution < -0.4 is 5.32 Å². The molecule has 0 radical (unpaired) electrons. The van der Waals surface area contributed by atoms with E-state index in [1.165, 1.54) is 31.2 Å². The highest BCUT2D eigenvalue weighted by molar-refractivity contribution is 6.05. The first-order chi connectivity index (χ1) is 13.6. The Hall–Kier alpha value is -3.82. The Morgan fingerprint density at radius 3 is 1.97 bits per heavy atom. The zero-order valence-corrected chi connectivity index (χ0v) is 16.0. The van der Waals surface area contributed by atoms with Crippen molar-refractivity contribution < 1.29 is 24.2 Å². The Bertz CT molecular complexity index is 933. The first-order valence-corrected chi connectivity index (χ1v) is 8.62. The molecule has 0 bridgehead atoms. The highest BCUT2D eigenvalue weighted by Gasteiger charge is 2.25. The fourth-order valence-corrected chi connectivity index (χ4v) is 2.41. The van der Waals surface area contributed by atoms with Gasteiger partial charge in [0.05, 0.1) is 27.6 Å². The predicted molar refractivity (Wildman–Crippen MR) is 104 cm³/mol. The summed E-state index contributed by atoms with van der Waals surface area (Å²) in [7, 11) is 0. The minimum atomic E-state index is -0.781. The van der Waals surface area contributed by atoms with Crippen LogP contribution in [0, 0.1) is 33.1 Å². The summed E-state index contributed by atoms with van der Waals surface area (Å²) in [5.41, 5.74) is -0.804.